The molecule has 0 spiro atoms. The van der Waals surface area contributed by atoms with Crippen LogP contribution in [0.25, 0.3) is 0 Å². The number of rotatable bonds is 6. The van der Waals surface area contributed by atoms with Crippen LogP contribution in [-0.2, 0) is 0 Å². The summed E-state index contributed by atoms with van der Waals surface area (Å²) in [6.07, 6.45) is 5.76. The van der Waals surface area contributed by atoms with Gasteiger partial charge in [-0.25, -0.2) is 19.7 Å². The highest BCUT2D eigenvalue weighted by Crippen LogP contribution is 2.24. The van der Waals surface area contributed by atoms with E-state index in [0.717, 1.165) is 5.69 Å². The molecule has 142 valence electrons. The van der Waals surface area contributed by atoms with Crippen molar-refractivity contribution in [2.75, 3.05) is 22.5 Å². The summed E-state index contributed by atoms with van der Waals surface area (Å²) in [4.78, 5) is 36.4. The average molecular weight is 377 g/mol. The average Bonchev–Trinajstić information content (AvgIpc) is 2.70. The van der Waals surface area contributed by atoms with Crippen molar-refractivity contribution in [1.29, 1.82) is 0 Å². The van der Waals surface area contributed by atoms with Crippen LogP contribution in [0, 0.1) is 0 Å². The summed E-state index contributed by atoms with van der Waals surface area (Å²) in [5.74, 6) is -0.0748. The Morgan fingerprint density at radius 1 is 0.964 bits per heavy atom. The number of para-hydroxylation sites is 1. The topological polar surface area (TPSA) is 121 Å². The summed E-state index contributed by atoms with van der Waals surface area (Å²) in [5.41, 5.74) is 2.04. The van der Waals surface area contributed by atoms with E-state index in [1.165, 1.54) is 24.9 Å². The highest BCUT2D eigenvalue weighted by Gasteiger charge is 2.15. The maximum atomic E-state index is 12.7. The highest BCUT2D eigenvalue weighted by molar-refractivity contribution is 6.08. The third kappa shape index (κ3) is 5.01. The van der Waals surface area contributed by atoms with Gasteiger partial charge < -0.3 is 16.0 Å². The molecule has 0 saturated heterocycles. The first kappa shape index (κ1) is 18.8. The molecular formula is C19H19N7O2. The largest absolute Gasteiger partial charge is 0.355 e. The van der Waals surface area contributed by atoms with E-state index in [2.05, 4.69) is 36.2 Å². The Morgan fingerprint density at radius 2 is 1.71 bits per heavy atom. The molecule has 0 radical (unpaired) electrons. The molecule has 0 atom stereocenters. The second-order valence-corrected chi connectivity index (χ2v) is 5.67. The number of amides is 3. The molecule has 0 aliphatic rings. The number of hydrogen-bond acceptors (Lipinski definition) is 6. The van der Waals surface area contributed by atoms with Gasteiger partial charge in [-0.2, -0.15) is 0 Å². The summed E-state index contributed by atoms with van der Waals surface area (Å²) >= 11 is 0. The zero-order valence-corrected chi connectivity index (χ0v) is 15.1. The van der Waals surface area contributed by atoms with Gasteiger partial charge in [-0.3, -0.25) is 10.1 Å². The minimum atomic E-state index is -0.384. The van der Waals surface area contributed by atoms with Gasteiger partial charge in [-0.1, -0.05) is 18.2 Å². The van der Waals surface area contributed by atoms with Gasteiger partial charge in [0.05, 0.1) is 29.3 Å². The van der Waals surface area contributed by atoms with Crippen LogP contribution in [0.3, 0.4) is 0 Å². The van der Waals surface area contributed by atoms with E-state index in [1.807, 2.05) is 37.3 Å². The fourth-order valence-corrected chi connectivity index (χ4v) is 2.37. The maximum absolute atomic E-state index is 12.7. The summed E-state index contributed by atoms with van der Waals surface area (Å²) < 4.78 is 0. The zero-order chi connectivity index (χ0) is 19.8. The first-order valence-electron chi connectivity index (χ1n) is 8.59. The SMILES string of the molecule is CCNC(=O)Nc1cc(Nc2ccccc2)c(C(=O)Nc2cncnc2)cn1. The van der Waals surface area contributed by atoms with Gasteiger partial charge >= 0.3 is 6.03 Å². The highest BCUT2D eigenvalue weighted by atomic mass is 16.2. The van der Waals surface area contributed by atoms with Crippen LogP contribution in [0.15, 0.2) is 61.3 Å². The lowest BCUT2D eigenvalue weighted by Gasteiger charge is -2.14. The van der Waals surface area contributed by atoms with Crippen molar-refractivity contribution in [1.82, 2.24) is 20.3 Å². The molecule has 3 rings (SSSR count). The Balaban J connectivity index is 1.88. The first-order chi connectivity index (χ1) is 13.7. The van der Waals surface area contributed by atoms with Crippen molar-refractivity contribution in [2.45, 2.75) is 6.92 Å². The summed E-state index contributed by atoms with van der Waals surface area (Å²) in [7, 11) is 0. The molecule has 2 heterocycles. The molecule has 0 aliphatic carbocycles. The molecule has 0 saturated carbocycles. The molecule has 3 aromatic rings. The van der Waals surface area contributed by atoms with Crippen LogP contribution in [0.4, 0.5) is 27.7 Å². The number of carbonyl (C=O) groups excluding carboxylic acids is 2. The van der Waals surface area contributed by atoms with E-state index < -0.39 is 0 Å². The van der Waals surface area contributed by atoms with E-state index >= 15 is 0 Å². The monoisotopic (exact) mass is 377 g/mol. The van der Waals surface area contributed by atoms with Gasteiger partial charge in [0, 0.05) is 24.5 Å². The standard InChI is InChI=1S/C19H19N7O2/c1-2-22-19(28)26-17-8-16(24-13-6-4-3-5-7-13)15(11-23-17)18(27)25-14-9-20-12-21-10-14/h3-12H,2H2,1H3,(H,25,27)(H3,22,23,24,26,28). The lowest BCUT2D eigenvalue weighted by Crippen LogP contribution is -2.28. The predicted molar refractivity (Wildman–Crippen MR) is 107 cm³/mol. The maximum Gasteiger partial charge on any atom is 0.320 e. The number of benzene rings is 1. The third-order valence-electron chi connectivity index (χ3n) is 3.60. The van der Waals surface area contributed by atoms with Gasteiger partial charge in [-0.15, -0.1) is 0 Å². The normalized spacial score (nSPS) is 10.0. The molecule has 0 bridgehead atoms. The Labute approximate surface area is 161 Å². The number of anilines is 4. The molecule has 9 nitrogen and oxygen atoms in total. The number of nitrogens with one attached hydrogen (secondary N) is 4. The van der Waals surface area contributed by atoms with E-state index in [4.69, 9.17) is 0 Å². The first-order valence-corrected chi connectivity index (χ1v) is 8.59. The quantitative estimate of drug-likeness (QED) is 0.524. The van der Waals surface area contributed by atoms with Crippen molar-refractivity contribution in [3.8, 4) is 0 Å². The van der Waals surface area contributed by atoms with Crippen LogP contribution in [0.1, 0.15) is 17.3 Å². The van der Waals surface area contributed by atoms with E-state index in [9.17, 15) is 9.59 Å². The van der Waals surface area contributed by atoms with Crippen molar-refractivity contribution in [3.05, 3.63) is 66.9 Å². The molecule has 1 aromatic carbocycles. The number of pyridine rings is 1. The van der Waals surface area contributed by atoms with Crippen LogP contribution >= 0.6 is 0 Å². The van der Waals surface area contributed by atoms with Gasteiger partial charge in [0.2, 0.25) is 0 Å². The molecule has 0 unspecified atom stereocenters. The number of aromatic nitrogens is 3. The van der Waals surface area contributed by atoms with Gasteiger partial charge in [0.15, 0.2) is 0 Å². The Morgan fingerprint density at radius 3 is 2.43 bits per heavy atom. The summed E-state index contributed by atoms with van der Waals surface area (Å²) in [6.45, 7) is 2.30. The lowest BCUT2D eigenvalue weighted by molar-refractivity contribution is 0.102. The molecule has 4 N–H and O–H groups in total. The Hall–Kier alpha value is -4.01. The number of nitrogens with zero attached hydrogens (tertiary/aromatic N) is 3. The molecule has 0 fully saturated rings. The van der Waals surface area contributed by atoms with Gasteiger partial charge in [0.25, 0.3) is 5.91 Å². The van der Waals surface area contributed by atoms with E-state index in [1.54, 1.807) is 6.07 Å². The zero-order valence-electron chi connectivity index (χ0n) is 15.1. The second kappa shape index (κ2) is 9.08. The molecule has 0 aliphatic heterocycles. The fourth-order valence-electron chi connectivity index (χ4n) is 2.37. The molecule has 3 amide bonds. The van der Waals surface area contributed by atoms with Crippen LogP contribution in [0.5, 0.6) is 0 Å². The van der Waals surface area contributed by atoms with Crippen molar-refractivity contribution >= 4 is 34.8 Å². The van der Waals surface area contributed by atoms with Gasteiger partial charge in [0.1, 0.15) is 12.1 Å². The van der Waals surface area contributed by atoms with Crippen molar-refractivity contribution in [2.24, 2.45) is 0 Å². The minimum Gasteiger partial charge on any atom is -0.355 e. The molecule has 2 aromatic heterocycles. The van der Waals surface area contributed by atoms with Crippen molar-refractivity contribution < 1.29 is 9.59 Å². The fraction of sp³-hybridized carbons (Fsp3) is 0.105. The smallest absolute Gasteiger partial charge is 0.320 e. The van der Waals surface area contributed by atoms with E-state index in [-0.39, 0.29) is 11.9 Å². The van der Waals surface area contributed by atoms with Crippen molar-refractivity contribution in [3.63, 3.8) is 0 Å². The van der Waals surface area contributed by atoms with Crippen LogP contribution in [0.2, 0.25) is 0 Å². The third-order valence-corrected chi connectivity index (χ3v) is 3.60. The molecule has 28 heavy (non-hydrogen) atoms. The summed E-state index contributed by atoms with van der Waals surface area (Å²) in [5, 5.41) is 11.2. The number of hydrogen-bond donors (Lipinski definition) is 4. The van der Waals surface area contributed by atoms with E-state index in [0.29, 0.717) is 29.3 Å². The molecular weight excluding hydrogens is 358 g/mol. The Kier molecular flexibility index (Phi) is 6.09. The second-order valence-electron chi connectivity index (χ2n) is 5.67. The predicted octanol–water partition coefficient (Wildman–Crippen LogP) is 3.01. The van der Waals surface area contributed by atoms with Gasteiger partial charge in [-0.05, 0) is 19.1 Å². The summed E-state index contributed by atoms with van der Waals surface area (Å²) in [6, 6.07) is 10.6. The number of carbonyl (C=O) groups is 2. The number of urea groups is 1. The van der Waals surface area contributed by atoms with Crippen LogP contribution in [-0.4, -0.2) is 33.4 Å². The molecule has 9 heteroatoms. The lowest BCUT2D eigenvalue weighted by atomic mass is 10.2. The minimum absolute atomic E-state index is 0.300. The Bertz CT molecular complexity index is 949. The van der Waals surface area contributed by atoms with Crippen LogP contribution < -0.4 is 21.3 Å².